The zero-order valence-electron chi connectivity index (χ0n) is 14.8. The SMILES string of the molecule is CCN(CCC#N)c1ccc(/C=N\Nc2ccccc2[N+](=O)[O-])c(C)c1. The Morgan fingerprint density at radius 1 is 1.35 bits per heavy atom. The summed E-state index contributed by atoms with van der Waals surface area (Å²) in [5.74, 6) is 0. The van der Waals surface area contributed by atoms with Crippen LogP contribution in [0.5, 0.6) is 0 Å². The quantitative estimate of drug-likeness (QED) is 0.439. The van der Waals surface area contributed by atoms with E-state index in [1.54, 1.807) is 24.4 Å². The van der Waals surface area contributed by atoms with Gasteiger partial charge in [0.2, 0.25) is 0 Å². The van der Waals surface area contributed by atoms with Crippen molar-refractivity contribution in [1.82, 2.24) is 0 Å². The molecule has 0 aliphatic rings. The number of hydrogen-bond donors (Lipinski definition) is 1. The fraction of sp³-hybridized carbons (Fsp3) is 0.263. The van der Waals surface area contributed by atoms with E-state index in [2.05, 4.69) is 28.4 Å². The molecule has 0 heterocycles. The Labute approximate surface area is 152 Å². The number of hydrogen-bond acceptors (Lipinski definition) is 6. The molecule has 0 unspecified atom stereocenters. The van der Waals surface area contributed by atoms with E-state index in [4.69, 9.17) is 5.26 Å². The molecule has 0 aromatic heterocycles. The first-order valence-corrected chi connectivity index (χ1v) is 8.31. The molecule has 0 aliphatic heterocycles. The molecule has 7 nitrogen and oxygen atoms in total. The third kappa shape index (κ3) is 4.80. The first kappa shape index (κ1) is 18.9. The van der Waals surface area contributed by atoms with Crippen LogP contribution in [0.1, 0.15) is 24.5 Å². The fourth-order valence-corrected chi connectivity index (χ4v) is 2.55. The third-order valence-corrected chi connectivity index (χ3v) is 3.98. The van der Waals surface area contributed by atoms with Gasteiger partial charge in [-0.25, -0.2) is 0 Å². The van der Waals surface area contributed by atoms with Crippen molar-refractivity contribution >= 4 is 23.3 Å². The minimum atomic E-state index is -0.446. The van der Waals surface area contributed by atoms with Crippen molar-refractivity contribution in [2.24, 2.45) is 5.10 Å². The van der Waals surface area contributed by atoms with Gasteiger partial charge >= 0.3 is 0 Å². The van der Waals surface area contributed by atoms with Crippen LogP contribution in [-0.4, -0.2) is 24.2 Å². The molecule has 1 N–H and O–H groups in total. The molecule has 7 heteroatoms. The van der Waals surface area contributed by atoms with Crippen LogP contribution in [-0.2, 0) is 0 Å². The van der Waals surface area contributed by atoms with Crippen LogP contribution >= 0.6 is 0 Å². The molecule has 2 aromatic rings. The maximum absolute atomic E-state index is 11.0. The minimum Gasteiger partial charge on any atom is -0.371 e. The highest BCUT2D eigenvalue weighted by Crippen LogP contribution is 2.23. The lowest BCUT2D eigenvalue weighted by Crippen LogP contribution is -2.23. The summed E-state index contributed by atoms with van der Waals surface area (Å²) in [6, 6.07) is 14.5. The lowest BCUT2D eigenvalue weighted by atomic mass is 10.1. The van der Waals surface area contributed by atoms with Crippen molar-refractivity contribution in [2.75, 3.05) is 23.4 Å². The van der Waals surface area contributed by atoms with Gasteiger partial charge in [0.25, 0.3) is 5.69 Å². The van der Waals surface area contributed by atoms with E-state index in [0.717, 1.165) is 23.4 Å². The molecule has 0 saturated heterocycles. The number of benzene rings is 2. The van der Waals surface area contributed by atoms with Gasteiger partial charge in [-0.3, -0.25) is 15.5 Å². The topological polar surface area (TPSA) is 94.6 Å². The van der Waals surface area contributed by atoms with Crippen LogP contribution in [0.25, 0.3) is 0 Å². The smallest absolute Gasteiger partial charge is 0.294 e. The van der Waals surface area contributed by atoms with Crippen LogP contribution in [0.4, 0.5) is 17.1 Å². The second kappa shape index (κ2) is 9.18. The molecule has 0 atom stereocenters. The molecular weight excluding hydrogens is 330 g/mol. The van der Waals surface area contributed by atoms with E-state index in [1.807, 2.05) is 25.1 Å². The standard InChI is InChI=1S/C19H21N5O2/c1-3-23(12-6-11-20)17-10-9-16(15(2)13-17)14-21-22-18-7-4-5-8-19(18)24(25)26/h4-5,7-10,13-14,22H,3,6,12H2,1-2H3/b21-14-. The van der Waals surface area contributed by atoms with Gasteiger partial charge in [0.15, 0.2) is 0 Å². The summed E-state index contributed by atoms with van der Waals surface area (Å²) in [5, 5.41) is 23.9. The normalized spacial score (nSPS) is 10.5. The van der Waals surface area contributed by atoms with Gasteiger partial charge in [0, 0.05) is 24.8 Å². The summed E-state index contributed by atoms with van der Waals surface area (Å²) in [7, 11) is 0. The van der Waals surface area contributed by atoms with Gasteiger partial charge in [0.05, 0.1) is 23.6 Å². The second-order valence-electron chi connectivity index (χ2n) is 5.67. The van der Waals surface area contributed by atoms with Crippen molar-refractivity contribution in [3.8, 4) is 6.07 Å². The maximum Gasteiger partial charge on any atom is 0.294 e. The van der Waals surface area contributed by atoms with Crippen molar-refractivity contribution in [3.05, 3.63) is 63.7 Å². The molecule has 0 saturated carbocycles. The summed E-state index contributed by atoms with van der Waals surface area (Å²) < 4.78 is 0. The highest BCUT2D eigenvalue weighted by molar-refractivity contribution is 5.83. The number of nitro benzene ring substituents is 1. The number of rotatable bonds is 8. The van der Waals surface area contributed by atoms with E-state index in [9.17, 15) is 10.1 Å². The predicted molar refractivity (Wildman–Crippen MR) is 104 cm³/mol. The Kier molecular flexibility index (Phi) is 6.68. The lowest BCUT2D eigenvalue weighted by Gasteiger charge is -2.22. The number of nitrogens with zero attached hydrogens (tertiary/aromatic N) is 4. The zero-order chi connectivity index (χ0) is 18.9. The first-order valence-electron chi connectivity index (χ1n) is 8.31. The average molecular weight is 351 g/mol. The molecule has 0 fully saturated rings. The van der Waals surface area contributed by atoms with Crippen LogP contribution in [0.2, 0.25) is 0 Å². The van der Waals surface area contributed by atoms with E-state index in [1.165, 1.54) is 6.07 Å². The van der Waals surface area contributed by atoms with Crippen molar-refractivity contribution in [1.29, 1.82) is 5.26 Å². The van der Waals surface area contributed by atoms with Gasteiger partial charge in [-0.1, -0.05) is 18.2 Å². The van der Waals surface area contributed by atoms with Crippen LogP contribution < -0.4 is 10.3 Å². The monoisotopic (exact) mass is 351 g/mol. The number of hydrazone groups is 1. The summed E-state index contributed by atoms with van der Waals surface area (Å²) >= 11 is 0. The van der Waals surface area contributed by atoms with Crippen LogP contribution in [0.3, 0.4) is 0 Å². The van der Waals surface area contributed by atoms with E-state index >= 15 is 0 Å². The van der Waals surface area contributed by atoms with Crippen molar-refractivity contribution in [2.45, 2.75) is 20.3 Å². The molecule has 0 radical (unpaired) electrons. The Morgan fingerprint density at radius 2 is 2.12 bits per heavy atom. The number of anilines is 2. The summed E-state index contributed by atoms with van der Waals surface area (Å²) in [5.41, 5.74) is 6.06. The number of aryl methyl sites for hydroxylation is 1. The number of para-hydroxylation sites is 2. The predicted octanol–water partition coefficient (Wildman–Crippen LogP) is 4.09. The number of nitriles is 1. The Morgan fingerprint density at radius 3 is 2.77 bits per heavy atom. The molecule has 2 aromatic carbocycles. The van der Waals surface area contributed by atoms with Gasteiger partial charge in [-0.05, 0) is 43.2 Å². The summed E-state index contributed by atoms with van der Waals surface area (Å²) in [4.78, 5) is 12.7. The molecule has 0 aliphatic carbocycles. The van der Waals surface area contributed by atoms with Gasteiger partial charge < -0.3 is 4.90 Å². The molecule has 26 heavy (non-hydrogen) atoms. The van der Waals surface area contributed by atoms with Crippen molar-refractivity contribution in [3.63, 3.8) is 0 Å². The fourth-order valence-electron chi connectivity index (χ4n) is 2.55. The lowest BCUT2D eigenvalue weighted by molar-refractivity contribution is -0.384. The maximum atomic E-state index is 11.0. The van der Waals surface area contributed by atoms with Gasteiger partial charge in [-0.2, -0.15) is 10.4 Å². The van der Waals surface area contributed by atoms with E-state index < -0.39 is 4.92 Å². The zero-order valence-corrected chi connectivity index (χ0v) is 14.8. The molecular formula is C19H21N5O2. The summed E-state index contributed by atoms with van der Waals surface area (Å²) in [6.07, 6.45) is 2.12. The van der Waals surface area contributed by atoms with E-state index in [0.29, 0.717) is 18.7 Å². The highest BCUT2D eigenvalue weighted by atomic mass is 16.6. The van der Waals surface area contributed by atoms with E-state index in [-0.39, 0.29) is 5.69 Å². The molecule has 0 amide bonds. The molecule has 2 rings (SSSR count). The Balaban J connectivity index is 2.12. The third-order valence-electron chi connectivity index (χ3n) is 3.98. The highest BCUT2D eigenvalue weighted by Gasteiger charge is 2.11. The molecule has 134 valence electrons. The Hall–Kier alpha value is -3.40. The van der Waals surface area contributed by atoms with Gasteiger partial charge in [0.1, 0.15) is 5.69 Å². The van der Waals surface area contributed by atoms with Crippen molar-refractivity contribution < 1.29 is 4.92 Å². The minimum absolute atomic E-state index is 0.0206. The van der Waals surface area contributed by atoms with Crippen LogP contribution in [0.15, 0.2) is 47.6 Å². The Bertz CT molecular complexity index is 842. The average Bonchev–Trinajstić information content (AvgIpc) is 2.64. The first-order chi connectivity index (χ1) is 12.6. The molecule has 0 spiro atoms. The molecule has 0 bridgehead atoms. The number of nitro groups is 1. The van der Waals surface area contributed by atoms with Gasteiger partial charge in [-0.15, -0.1) is 0 Å². The number of nitrogens with one attached hydrogen (secondary N) is 1. The largest absolute Gasteiger partial charge is 0.371 e. The second-order valence-corrected chi connectivity index (χ2v) is 5.67. The summed E-state index contributed by atoms with van der Waals surface area (Å²) in [6.45, 7) is 5.56. The van der Waals surface area contributed by atoms with Crippen LogP contribution in [0, 0.1) is 28.4 Å².